The second-order valence-electron chi connectivity index (χ2n) is 7.49. The van der Waals surface area contributed by atoms with E-state index in [9.17, 15) is 4.79 Å². The number of carbonyl (C=O) groups is 1. The summed E-state index contributed by atoms with van der Waals surface area (Å²) in [5.41, 5.74) is 0.0383. The number of nitrogens with one attached hydrogen (secondary N) is 1. The largest absolute Gasteiger partial charge is 0.345 e. The van der Waals surface area contributed by atoms with Crippen molar-refractivity contribution in [2.45, 2.75) is 52.5 Å². The summed E-state index contributed by atoms with van der Waals surface area (Å²) in [5, 5.41) is 4.45. The van der Waals surface area contributed by atoms with Gasteiger partial charge in [0, 0.05) is 44.1 Å². The van der Waals surface area contributed by atoms with Gasteiger partial charge >= 0.3 is 0 Å². The van der Waals surface area contributed by atoms with E-state index in [4.69, 9.17) is 0 Å². The van der Waals surface area contributed by atoms with Gasteiger partial charge in [0.05, 0.1) is 6.04 Å². The van der Waals surface area contributed by atoms with Gasteiger partial charge in [-0.3, -0.25) is 4.79 Å². The van der Waals surface area contributed by atoms with E-state index < -0.39 is 0 Å². The molecule has 0 spiro atoms. The molecule has 0 bridgehead atoms. The number of hydrogen-bond donors (Lipinski definition) is 1. The lowest BCUT2D eigenvalue weighted by Crippen LogP contribution is -2.57. The molecule has 2 aliphatic heterocycles. The first kappa shape index (κ1) is 17.6. The number of aromatic nitrogens is 2. The summed E-state index contributed by atoms with van der Waals surface area (Å²) in [4.78, 5) is 22.0. The molecule has 1 aromatic heterocycles. The summed E-state index contributed by atoms with van der Waals surface area (Å²) in [6, 6.07) is -0.0500. The van der Waals surface area contributed by atoms with Crippen molar-refractivity contribution in [3.8, 4) is 0 Å². The molecule has 3 heterocycles. The average molecular weight is 352 g/mol. The van der Waals surface area contributed by atoms with E-state index in [2.05, 4.69) is 40.3 Å². The zero-order valence-corrected chi connectivity index (χ0v) is 15.9. The van der Waals surface area contributed by atoms with Gasteiger partial charge in [0.15, 0.2) is 0 Å². The van der Waals surface area contributed by atoms with Gasteiger partial charge in [0.2, 0.25) is 11.0 Å². The summed E-state index contributed by atoms with van der Waals surface area (Å²) in [5.74, 6) is 1.19. The summed E-state index contributed by atoms with van der Waals surface area (Å²) in [7, 11) is 0. The molecular weight excluding hydrogens is 322 g/mol. The first-order valence-electron chi connectivity index (χ1n) is 9.11. The van der Waals surface area contributed by atoms with Crippen molar-refractivity contribution in [2.75, 3.05) is 37.6 Å². The molecule has 2 saturated heterocycles. The molecule has 1 N–H and O–H groups in total. The highest BCUT2D eigenvalue weighted by Crippen LogP contribution is 2.31. The summed E-state index contributed by atoms with van der Waals surface area (Å²) in [6.07, 6.45) is 4.12. The third-order valence-corrected chi connectivity index (χ3v) is 6.04. The fraction of sp³-hybridized carbons (Fsp3) is 0.824. The summed E-state index contributed by atoms with van der Waals surface area (Å²) < 4.78 is 4.39. The Labute approximate surface area is 148 Å². The van der Waals surface area contributed by atoms with Crippen molar-refractivity contribution in [3.05, 3.63) is 5.82 Å². The van der Waals surface area contributed by atoms with Crippen LogP contribution in [-0.2, 0) is 11.2 Å². The first-order chi connectivity index (χ1) is 11.5. The van der Waals surface area contributed by atoms with Crippen molar-refractivity contribution in [3.63, 3.8) is 0 Å². The highest BCUT2D eigenvalue weighted by Gasteiger charge is 2.39. The lowest BCUT2D eigenvalue weighted by Gasteiger charge is -2.40. The molecule has 0 saturated carbocycles. The van der Waals surface area contributed by atoms with Gasteiger partial charge in [-0.25, -0.2) is 4.98 Å². The Bertz CT molecular complexity index is 573. The molecule has 134 valence electrons. The number of anilines is 1. The van der Waals surface area contributed by atoms with Crippen molar-refractivity contribution in [1.82, 2.24) is 19.6 Å². The van der Waals surface area contributed by atoms with Crippen LogP contribution in [-0.4, -0.2) is 58.9 Å². The highest BCUT2D eigenvalue weighted by molar-refractivity contribution is 7.09. The SMILES string of the molecule is CCc1nsc(N2CCCN(C(=O)C3NCCCC3(C)C)CC2)n1. The zero-order chi connectivity index (χ0) is 17.2. The highest BCUT2D eigenvalue weighted by atomic mass is 32.1. The number of carbonyl (C=O) groups excluding carboxylic acids is 1. The van der Waals surface area contributed by atoms with Crippen LogP contribution < -0.4 is 10.2 Å². The van der Waals surface area contributed by atoms with E-state index in [0.29, 0.717) is 0 Å². The summed E-state index contributed by atoms with van der Waals surface area (Å²) >= 11 is 1.48. The molecule has 0 aliphatic carbocycles. The standard InChI is InChI=1S/C17H29N5OS/c1-4-13-19-16(24-20-13)22-10-6-9-21(11-12-22)15(23)14-17(2,3)7-5-8-18-14/h14,18H,4-12H2,1-3H3. The molecule has 1 atom stereocenters. The van der Waals surface area contributed by atoms with Crippen LogP contribution in [0.15, 0.2) is 0 Å². The fourth-order valence-corrected chi connectivity index (χ4v) is 4.46. The monoisotopic (exact) mass is 351 g/mol. The van der Waals surface area contributed by atoms with E-state index in [0.717, 1.165) is 69.4 Å². The Morgan fingerprint density at radius 2 is 2.12 bits per heavy atom. The minimum Gasteiger partial charge on any atom is -0.345 e. The maximum atomic E-state index is 13.0. The van der Waals surface area contributed by atoms with Crippen LogP contribution in [0.4, 0.5) is 5.13 Å². The van der Waals surface area contributed by atoms with Crippen LogP contribution in [0.5, 0.6) is 0 Å². The molecule has 2 aliphatic rings. The number of nitrogens with zero attached hydrogens (tertiary/aromatic N) is 4. The number of rotatable bonds is 3. The predicted octanol–water partition coefficient (Wildman–Crippen LogP) is 1.92. The lowest BCUT2D eigenvalue weighted by atomic mass is 9.77. The van der Waals surface area contributed by atoms with Gasteiger partial charge in [-0.2, -0.15) is 4.37 Å². The smallest absolute Gasteiger partial charge is 0.240 e. The molecule has 6 nitrogen and oxygen atoms in total. The van der Waals surface area contributed by atoms with Gasteiger partial charge in [-0.1, -0.05) is 20.8 Å². The third kappa shape index (κ3) is 3.72. The molecule has 1 aromatic rings. The van der Waals surface area contributed by atoms with Gasteiger partial charge in [-0.15, -0.1) is 0 Å². The zero-order valence-electron chi connectivity index (χ0n) is 15.0. The number of hydrogen-bond acceptors (Lipinski definition) is 6. The second kappa shape index (κ2) is 7.35. The van der Waals surface area contributed by atoms with Crippen molar-refractivity contribution < 1.29 is 4.79 Å². The molecular formula is C17H29N5OS. The average Bonchev–Trinajstić information content (AvgIpc) is 2.91. The van der Waals surface area contributed by atoms with Crippen LogP contribution in [0.2, 0.25) is 0 Å². The van der Waals surface area contributed by atoms with Gasteiger partial charge in [0.1, 0.15) is 5.82 Å². The first-order valence-corrected chi connectivity index (χ1v) is 9.88. The predicted molar refractivity (Wildman–Crippen MR) is 97.5 cm³/mol. The minimum absolute atomic E-state index is 0.0383. The van der Waals surface area contributed by atoms with E-state index in [-0.39, 0.29) is 17.4 Å². The molecule has 7 heteroatoms. The Morgan fingerprint density at radius 1 is 1.29 bits per heavy atom. The number of piperidine rings is 1. The Kier molecular flexibility index (Phi) is 5.39. The maximum Gasteiger partial charge on any atom is 0.240 e. The molecule has 0 radical (unpaired) electrons. The maximum absolute atomic E-state index is 13.0. The molecule has 3 rings (SSSR count). The van der Waals surface area contributed by atoms with Gasteiger partial charge < -0.3 is 15.1 Å². The quantitative estimate of drug-likeness (QED) is 0.901. The van der Waals surface area contributed by atoms with Crippen molar-refractivity contribution in [2.24, 2.45) is 5.41 Å². The van der Waals surface area contributed by atoms with E-state index >= 15 is 0 Å². The van der Waals surface area contributed by atoms with Crippen molar-refractivity contribution >= 4 is 22.6 Å². The van der Waals surface area contributed by atoms with Crippen LogP contribution in [0.3, 0.4) is 0 Å². The minimum atomic E-state index is -0.0500. The molecule has 24 heavy (non-hydrogen) atoms. The topological polar surface area (TPSA) is 61.4 Å². The second-order valence-corrected chi connectivity index (χ2v) is 8.22. The van der Waals surface area contributed by atoms with E-state index in [1.165, 1.54) is 11.5 Å². The molecule has 1 amide bonds. The fourth-order valence-electron chi connectivity index (χ4n) is 3.66. The Balaban J connectivity index is 1.63. The number of amides is 1. The van der Waals surface area contributed by atoms with Gasteiger partial charge in [0.25, 0.3) is 0 Å². The van der Waals surface area contributed by atoms with Crippen LogP contribution in [0.1, 0.15) is 45.9 Å². The lowest BCUT2D eigenvalue weighted by molar-refractivity contribution is -0.137. The van der Waals surface area contributed by atoms with Gasteiger partial charge in [-0.05, 0) is 31.2 Å². The Morgan fingerprint density at radius 3 is 2.83 bits per heavy atom. The molecule has 2 fully saturated rings. The molecule has 1 unspecified atom stereocenters. The number of aryl methyl sites for hydroxylation is 1. The van der Waals surface area contributed by atoms with Crippen LogP contribution >= 0.6 is 11.5 Å². The summed E-state index contributed by atoms with van der Waals surface area (Å²) in [6.45, 7) is 10.8. The molecule has 0 aromatic carbocycles. The van der Waals surface area contributed by atoms with Crippen LogP contribution in [0, 0.1) is 5.41 Å². The van der Waals surface area contributed by atoms with Crippen LogP contribution in [0.25, 0.3) is 0 Å². The Hall–Kier alpha value is -1.21. The van der Waals surface area contributed by atoms with E-state index in [1.54, 1.807) is 0 Å². The van der Waals surface area contributed by atoms with Crippen molar-refractivity contribution in [1.29, 1.82) is 0 Å². The normalized spacial score (nSPS) is 24.7. The third-order valence-electron chi connectivity index (χ3n) is 5.23. The van der Waals surface area contributed by atoms with E-state index in [1.807, 2.05) is 4.90 Å².